The fourth-order valence-electron chi connectivity index (χ4n) is 2.39. The molecule has 4 nitrogen and oxygen atoms in total. The molecule has 0 radical (unpaired) electrons. The predicted octanol–water partition coefficient (Wildman–Crippen LogP) is 2.45. The van der Waals surface area contributed by atoms with E-state index in [9.17, 15) is 4.39 Å². The highest BCUT2D eigenvalue weighted by molar-refractivity contribution is 5.37. The van der Waals surface area contributed by atoms with Crippen molar-refractivity contribution in [1.82, 2.24) is 10.2 Å². The predicted molar refractivity (Wildman–Crippen MR) is 83.3 cm³/mol. The Morgan fingerprint density at radius 2 is 2.05 bits per heavy atom. The number of nitrogens with zero attached hydrogens (tertiary/aromatic N) is 1. The second-order valence-electron chi connectivity index (χ2n) is 5.27. The SMILES string of the molecule is CNC(CCN(C)C(C)COC)c1c(F)cccc1OC. The second kappa shape index (κ2) is 8.97. The van der Waals surface area contributed by atoms with Crippen LogP contribution >= 0.6 is 0 Å². The molecule has 1 aromatic carbocycles. The maximum absolute atomic E-state index is 14.1. The second-order valence-corrected chi connectivity index (χ2v) is 5.27. The number of ether oxygens (including phenoxy) is 2. The molecule has 0 aromatic heterocycles. The van der Waals surface area contributed by atoms with Crippen molar-refractivity contribution < 1.29 is 13.9 Å². The van der Waals surface area contributed by atoms with Crippen LogP contribution < -0.4 is 10.1 Å². The van der Waals surface area contributed by atoms with E-state index in [2.05, 4.69) is 24.2 Å². The molecule has 0 aliphatic rings. The highest BCUT2D eigenvalue weighted by Gasteiger charge is 2.20. The van der Waals surface area contributed by atoms with E-state index < -0.39 is 0 Å². The van der Waals surface area contributed by atoms with Crippen LogP contribution in [-0.4, -0.2) is 52.4 Å². The van der Waals surface area contributed by atoms with Gasteiger partial charge in [0.05, 0.1) is 13.7 Å². The van der Waals surface area contributed by atoms with Crippen molar-refractivity contribution in [3.8, 4) is 5.75 Å². The zero-order valence-corrected chi connectivity index (χ0v) is 13.6. The van der Waals surface area contributed by atoms with Crippen LogP contribution in [0.5, 0.6) is 5.75 Å². The van der Waals surface area contributed by atoms with Gasteiger partial charge in [0.25, 0.3) is 0 Å². The summed E-state index contributed by atoms with van der Waals surface area (Å²) in [4.78, 5) is 2.21. The molecule has 1 N–H and O–H groups in total. The number of rotatable bonds is 9. The molecule has 1 aromatic rings. The van der Waals surface area contributed by atoms with Crippen LogP contribution in [0.3, 0.4) is 0 Å². The Balaban J connectivity index is 2.76. The smallest absolute Gasteiger partial charge is 0.131 e. The van der Waals surface area contributed by atoms with Crippen LogP contribution in [-0.2, 0) is 4.74 Å². The molecular formula is C16H27FN2O2. The van der Waals surface area contributed by atoms with Gasteiger partial charge in [-0.2, -0.15) is 0 Å². The van der Waals surface area contributed by atoms with Gasteiger partial charge in [0.1, 0.15) is 11.6 Å². The molecule has 2 unspecified atom stereocenters. The monoisotopic (exact) mass is 298 g/mol. The lowest BCUT2D eigenvalue weighted by Gasteiger charge is -2.27. The molecule has 0 fully saturated rings. The molecule has 5 heteroatoms. The average molecular weight is 298 g/mol. The first-order valence-electron chi connectivity index (χ1n) is 7.24. The number of hydrogen-bond acceptors (Lipinski definition) is 4. The Bertz CT molecular complexity index is 429. The molecule has 0 saturated heterocycles. The van der Waals surface area contributed by atoms with Gasteiger partial charge < -0.3 is 19.7 Å². The van der Waals surface area contributed by atoms with E-state index in [1.54, 1.807) is 26.4 Å². The number of benzene rings is 1. The van der Waals surface area contributed by atoms with E-state index in [0.717, 1.165) is 13.0 Å². The Kier molecular flexibility index (Phi) is 7.64. The summed E-state index contributed by atoms with van der Waals surface area (Å²) in [5.74, 6) is 0.350. The van der Waals surface area contributed by atoms with Crippen LogP contribution in [0, 0.1) is 5.82 Å². The minimum absolute atomic E-state index is 0.0849. The number of methoxy groups -OCH3 is 2. The molecule has 0 saturated carbocycles. The molecule has 1 rings (SSSR count). The van der Waals surface area contributed by atoms with E-state index in [0.29, 0.717) is 24.0 Å². The van der Waals surface area contributed by atoms with Gasteiger partial charge in [-0.1, -0.05) is 6.07 Å². The van der Waals surface area contributed by atoms with Gasteiger partial charge in [-0.3, -0.25) is 0 Å². The lowest BCUT2D eigenvalue weighted by atomic mass is 10.0. The van der Waals surface area contributed by atoms with Gasteiger partial charge in [0, 0.05) is 31.3 Å². The molecule has 2 atom stereocenters. The molecule has 21 heavy (non-hydrogen) atoms. The molecule has 0 heterocycles. The standard InChI is InChI=1S/C16H27FN2O2/c1-12(11-20-4)19(3)10-9-14(18-2)16-13(17)7-6-8-15(16)21-5/h6-8,12,14,18H,9-11H2,1-5H3. The maximum Gasteiger partial charge on any atom is 0.131 e. The van der Waals surface area contributed by atoms with Crippen molar-refractivity contribution >= 4 is 0 Å². The summed E-state index contributed by atoms with van der Waals surface area (Å²) in [7, 11) is 7.16. The number of halogens is 1. The van der Waals surface area contributed by atoms with Crippen LogP contribution in [0.25, 0.3) is 0 Å². The van der Waals surface area contributed by atoms with Gasteiger partial charge in [-0.05, 0) is 39.6 Å². The van der Waals surface area contributed by atoms with E-state index >= 15 is 0 Å². The Morgan fingerprint density at radius 3 is 2.62 bits per heavy atom. The van der Waals surface area contributed by atoms with Gasteiger partial charge in [0.15, 0.2) is 0 Å². The van der Waals surface area contributed by atoms with E-state index in [1.165, 1.54) is 6.07 Å². The van der Waals surface area contributed by atoms with Crippen LogP contribution in [0.1, 0.15) is 24.9 Å². The summed E-state index contributed by atoms with van der Waals surface area (Å²) in [6.07, 6.45) is 0.790. The minimum Gasteiger partial charge on any atom is -0.496 e. The molecule has 0 spiro atoms. The third-order valence-electron chi connectivity index (χ3n) is 3.86. The summed E-state index contributed by atoms with van der Waals surface area (Å²) >= 11 is 0. The van der Waals surface area contributed by atoms with Gasteiger partial charge >= 0.3 is 0 Å². The topological polar surface area (TPSA) is 33.7 Å². The Hall–Kier alpha value is -1.17. The van der Waals surface area contributed by atoms with Crippen LogP contribution in [0.15, 0.2) is 18.2 Å². The normalized spacial score (nSPS) is 14.2. The van der Waals surface area contributed by atoms with Crippen LogP contribution in [0.2, 0.25) is 0 Å². The zero-order chi connectivity index (χ0) is 15.8. The largest absolute Gasteiger partial charge is 0.496 e. The highest BCUT2D eigenvalue weighted by atomic mass is 19.1. The van der Waals surface area contributed by atoms with Crippen molar-refractivity contribution in [1.29, 1.82) is 0 Å². The van der Waals surface area contributed by atoms with Crippen molar-refractivity contribution in [2.75, 3.05) is 41.5 Å². The van der Waals surface area contributed by atoms with Crippen molar-refractivity contribution in [2.45, 2.75) is 25.4 Å². The zero-order valence-electron chi connectivity index (χ0n) is 13.6. The van der Waals surface area contributed by atoms with Gasteiger partial charge in [-0.25, -0.2) is 4.39 Å². The molecule has 0 aliphatic carbocycles. The van der Waals surface area contributed by atoms with Gasteiger partial charge in [-0.15, -0.1) is 0 Å². The molecule has 0 bridgehead atoms. The lowest BCUT2D eigenvalue weighted by Crippen LogP contribution is -2.35. The third kappa shape index (κ3) is 4.95. The molecule has 0 amide bonds. The Labute approximate surface area is 127 Å². The first-order chi connectivity index (χ1) is 10.0. The average Bonchev–Trinajstić information content (AvgIpc) is 2.48. The summed E-state index contributed by atoms with van der Waals surface area (Å²) in [5.41, 5.74) is 0.593. The first-order valence-corrected chi connectivity index (χ1v) is 7.24. The summed E-state index contributed by atoms with van der Waals surface area (Å²) in [6, 6.07) is 5.17. The van der Waals surface area contributed by atoms with E-state index in [-0.39, 0.29) is 11.9 Å². The maximum atomic E-state index is 14.1. The quantitative estimate of drug-likeness (QED) is 0.759. The molecule has 0 aliphatic heterocycles. The minimum atomic E-state index is -0.235. The summed E-state index contributed by atoms with van der Waals surface area (Å²) < 4.78 is 24.6. The molecule has 120 valence electrons. The number of hydrogen-bond donors (Lipinski definition) is 1. The fourth-order valence-corrected chi connectivity index (χ4v) is 2.39. The van der Waals surface area contributed by atoms with E-state index in [4.69, 9.17) is 9.47 Å². The third-order valence-corrected chi connectivity index (χ3v) is 3.86. The summed E-state index contributed by atoms with van der Waals surface area (Å²) in [6.45, 7) is 3.64. The number of likely N-dealkylation sites (N-methyl/N-ethyl adjacent to an activating group) is 1. The molecular weight excluding hydrogens is 271 g/mol. The van der Waals surface area contributed by atoms with Crippen molar-refractivity contribution in [2.24, 2.45) is 0 Å². The van der Waals surface area contributed by atoms with Crippen molar-refractivity contribution in [3.63, 3.8) is 0 Å². The first kappa shape index (κ1) is 17.9. The van der Waals surface area contributed by atoms with E-state index in [1.807, 2.05) is 7.05 Å². The van der Waals surface area contributed by atoms with Gasteiger partial charge in [0.2, 0.25) is 0 Å². The fraction of sp³-hybridized carbons (Fsp3) is 0.625. The van der Waals surface area contributed by atoms with Crippen molar-refractivity contribution in [3.05, 3.63) is 29.6 Å². The highest BCUT2D eigenvalue weighted by Crippen LogP contribution is 2.29. The number of nitrogens with one attached hydrogen (secondary N) is 1. The lowest BCUT2D eigenvalue weighted by molar-refractivity contribution is 0.113. The Morgan fingerprint density at radius 1 is 1.33 bits per heavy atom. The summed E-state index contributed by atoms with van der Waals surface area (Å²) in [5, 5.41) is 3.18. The van der Waals surface area contributed by atoms with Crippen LogP contribution in [0.4, 0.5) is 4.39 Å².